The fourth-order valence-electron chi connectivity index (χ4n) is 5.52. The van der Waals surface area contributed by atoms with Crippen LogP contribution in [0.2, 0.25) is 0 Å². The van der Waals surface area contributed by atoms with Gasteiger partial charge in [0.15, 0.2) is 0 Å². The average Bonchev–Trinajstić information content (AvgIpc) is 2.81. The van der Waals surface area contributed by atoms with Crippen LogP contribution in [0.4, 0.5) is 0 Å². The molecule has 0 saturated carbocycles. The number of aromatic hydroxyl groups is 1. The average molecular weight is 535 g/mol. The molecule has 0 aliphatic rings. The smallest absolute Gasteiger partial charge is 0.123 e. The van der Waals surface area contributed by atoms with Crippen LogP contribution in [0.15, 0.2) is 12.1 Å². The lowest BCUT2D eigenvalue weighted by Crippen LogP contribution is -2.19. The van der Waals surface area contributed by atoms with Crippen molar-refractivity contribution in [1.29, 1.82) is 0 Å². The second kappa shape index (κ2) is 17.8. The third-order valence-corrected chi connectivity index (χ3v) is 8.51. The van der Waals surface area contributed by atoms with Crippen LogP contribution in [0.1, 0.15) is 187 Å². The van der Waals surface area contributed by atoms with Gasteiger partial charge in [-0.3, -0.25) is 0 Å². The molecule has 0 bridgehead atoms. The molecule has 2 heteroatoms. The molecular weight excluding hydrogens is 472 g/mol. The number of benzene rings is 1. The zero-order valence-electron chi connectivity index (χ0n) is 26.2. The molecule has 37 heavy (non-hydrogen) atoms. The molecule has 216 valence electrons. The van der Waals surface area contributed by atoms with Crippen molar-refractivity contribution in [2.45, 2.75) is 187 Å². The van der Waals surface area contributed by atoms with Crippen molar-refractivity contribution in [3.05, 3.63) is 28.8 Å². The molecule has 0 aliphatic carbocycles. The summed E-state index contributed by atoms with van der Waals surface area (Å²) >= 11 is 6.76. The second-order valence-corrected chi connectivity index (χ2v) is 14.4. The van der Waals surface area contributed by atoms with Crippen molar-refractivity contribution in [1.82, 2.24) is 0 Å². The van der Waals surface area contributed by atoms with Gasteiger partial charge in [-0.15, -0.1) is 11.6 Å². The summed E-state index contributed by atoms with van der Waals surface area (Å²) < 4.78 is 0. The van der Waals surface area contributed by atoms with E-state index in [-0.39, 0.29) is 16.2 Å². The molecule has 0 aliphatic heterocycles. The first-order valence-electron chi connectivity index (χ1n) is 15.9. The van der Waals surface area contributed by atoms with E-state index in [1.807, 2.05) is 0 Å². The van der Waals surface area contributed by atoms with Gasteiger partial charge in [-0.25, -0.2) is 0 Å². The van der Waals surface area contributed by atoms with E-state index in [0.717, 1.165) is 30.4 Å². The van der Waals surface area contributed by atoms with Crippen LogP contribution in [-0.2, 0) is 10.8 Å². The highest BCUT2D eigenvalue weighted by Crippen LogP contribution is 2.42. The minimum absolute atomic E-state index is 0.0860. The van der Waals surface area contributed by atoms with E-state index in [0.29, 0.717) is 11.7 Å². The van der Waals surface area contributed by atoms with Gasteiger partial charge < -0.3 is 5.11 Å². The van der Waals surface area contributed by atoms with E-state index >= 15 is 0 Å². The Morgan fingerprint density at radius 3 is 1.46 bits per heavy atom. The minimum atomic E-state index is -0.0860. The Labute approximate surface area is 237 Å². The van der Waals surface area contributed by atoms with Crippen molar-refractivity contribution in [2.75, 3.05) is 0 Å². The molecule has 0 heterocycles. The minimum Gasteiger partial charge on any atom is -0.507 e. The molecule has 2 atom stereocenters. The number of hydrogen-bond acceptors (Lipinski definition) is 1. The van der Waals surface area contributed by atoms with Crippen LogP contribution < -0.4 is 0 Å². The Kier molecular flexibility index (Phi) is 16.5. The van der Waals surface area contributed by atoms with Crippen LogP contribution in [-0.4, -0.2) is 10.5 Å². The van der Waals surface area contributed by atoms with E-state index in [1.54, 1.807) is 0 Å². The maximum atomic E-state index is 11.2. The maximum absolute atomic E-state index is 11.2. The van der Waals surface area contributed by atoms with Gasteiger partial charge in [0, 0.05) is 5.38 Å². The Bertz CT molecular complexity index is 689. The Hall–Kier alpha value is -0.690. The summed E-state index contributed by atoms with van der Waals surface area (Å²) in [4.78, 5) is 0. The summed E-state index contributed by atoms with van der Waals surface area (Å²) in [5.41, 5.74) is 3.42. The van der Waals surface area contributed by atoms with Gasteiger partial charge in [0.2, 0.25) is 0 Å². The molecule has 1 aromatic carbocycles. The monoisotopic (exact) mass is 534 g/mol. The van der Waals surface area contributed by atoms with Crippen molar-refractivity contribution >= 4 is 11.6 Å². The Morgan fingerprint density at radius 2 is 1.03 bits per heavy atom. The topological polar surface area (TPSA) is 20.2 Å². The lowest BCUT2D eigenvalue weighted by molar-refractivity contribution is 0.420. The highest BCUT2D eigenvalue weighted by molar-refractivity contribution is 6.20. The van der Waals surface area contributed by atoms with Crippen molar-refractivity contribution in [2.24, 2.45) is 0 Å². The molecule has 0 spiro atoms. The van der Waals surface area contributed by atoms with Crippen LogP contribution in [0.5, 0.6) is 5.75 Å². The first kappa shape index (κ1) is 34.3. The fraction of sp³-hybridized carbons (Fsp3) is 0.829. The number of hydrogen-bond donors (Lipinski definition) is 1. The van der Waals surface area contributed by atoms with E-state index < -0.39 is 0 Å². The third-order valence-electron chi connectivity index (χ3n) is 8.08. The molecule has 0 fully saturated rings. The van der Waals surface area contributed by atoms with Crippen LogP contribution in [0.3, 0.4) is 0 Å². The van der Waals surface area contributed by atoms with E-state index in [4.69, 9.17) is 11.6 Å². The zero-order chi connectivity index (χ0) is 27.9. The normalized spacial score (nSPS) is 14.2. The number of phenolic OH excluding ortho intramolecular Hbond substituents is 1. The number of rotatable bonds is 19. The van der Waals surface area contributed by atoms with Crippen LogP contribution in [0.25, 0.3) is 0 Å². The van der Waals surface area contributed by atoms with Gasteiger partial charge in [-0.05, 0) is 59.1 Å². The Balaban J connectivity index is 2.86. The largest absolute Gasteiger partial charge is 0.507 e. The predicted molar refractivity (Wildman–Crippen MR) is 168 cm³/mol. The van der Waals surface area contributed by atoms with E-state index in [9.17, 15) is 5.11 Å². The van der Waals surface area contributed by atoms with E-state index in [1.165, 1.54) is 95.5 Å². The number of halogens is 1. The van der Waals surface area contributed by atoms with Gasteiger partial charge >= 0.3 is 0 Å². The fourth-order valence-corrected chi connectivity index (χ4v) is 5.80. The first-order valence-corrected chi connectivity index (χ1v) is 16.4. The Morgan fingerprint density at radius 1 is 0.595 bits per heavy atom. The molecule has 0 amide bonds. The van der Waals surface area contributed by atoms with Crippen LogP contribution in [0, 0.1) is 0 Å². The van der Waals surface area contributed by atoms with Crippen molar-refractivity contribution in [3.63, 3.8) is 0 Å². The summed E-state index contributed by atoms with van der Waals surface area (Å²) in [6, 6.07) is 4.64. The molecular formula is C35H63ClO. The van der Waals surface area contributed by atoms with Gasteiger partial charge in [0.05, 0.1) is 0 Å². The molecule has 1 rings (SSSR count). The number of phenols is 1. The van der Waals surface area contributed by atoms with Gasteiger partial charge in [-0.2, -0.15) is 0 Å². The van der Waals surface area contributed by atoms with Crippen molar-refractivity contribution in [3.8, 4) is 5.75 Å². The summed E-state index contributed by atoms with van der Waals surface area (Å²) in [7, 11) is 0. The highest BCUT2D eigenvalue weighted by atomic mass is 35.5. The maximum Gasteiger partial charge on any atom is 0.123 e. The quantitative estimate of drug-likeness (QED) is 0.138. The summed E-state index contributed by atoms with van der Waals surface area (Å²) in [6.07, 6.45) is 22.2. The molecule has 1 aromatic rings. The van der Waals surface area contributed by atoms with E-state index in [2.05, 4.69) is 67.5 Å². The third kappa shape index (κ3) is 13.8. The lowest BCUT2D eigenvalue weighted by Gasteiger charge is -2.30. The molecule has 1 nitrogen and oxygen atoms in total. The number of unbranched alkanes of at least 4 members (excludes halogenated alkanes) is 11. The molecule has 0 radical (unpaired) electrons. The van der Waals surface area contributed by atoms with Crippen LogP contribution >= 0.6 is 11.6 Å². The standard InChI is InChI=1S/C35H63ClO/c1-9-11-13-14-15-16-17-18-19-20-21-22-28(24-25-30(36)23-12-10-2)29-26-31(34(3,4)5)33(37)32(27-29)35(6,7)8/h26-28,30,37H,9-25H2,1-8H3. The zero-order valence-corrected chi connectivity index (χ0v) is 26.9. The lowest BCUT2D eigenvalue weighted by atomic mass is 9.76. The summed E-state index contributed by atoms with van der Waals surface area (Å²) in [5.74, 6) is 1.01. The summed E-state index contributed by atoms with van der Waals surface area (Å²) in [6.45, 7) is 17.9. The van der Waals surface area contributed by atoms with Gasteiger partial charge in [-0.1, -0.05) is 151 Å². The highest BCUT2D eigenvalue weighted by Gasteiger charge is 2.28. The second-order valence-electron chi connectivity index (χ2n) is 13.8. The van der Waals surface area contributed by atoms with Crippen molar-refractivity contribution < 1.29 is 5.11 Å². The molecule has 0 saturated heterocycles. The van der Waals surface area contributed by atoms with Gasteiger partial charge in [0.25, 0.3) is 0 Å². The molecule has 1 N–H and O–H groups in total. The SMILES string of the molecule is CCCCCCCCCCCCCC(CCC(Cl)CCCC)c1cc(C(C)(C)C)c(O)c(C(C)(C)C)c1. The predicted octanol–water partition coefficient (Wildman–Crippen LogP) is 12.3. The summed E-state index contributed by atoms with van der Waals surface area (Å²) in [5, 5.41) is 11.5. The van der Waals surface area contributed by atoms with Gasteiger partial charge in [0.1, 0.15) is 5.75 Å². The molecule has 0 aromatic heterocycles. The number of alkyl halides is 1. The molecule has 2 unspecified atom stereocenters. The first-order chi connectivity index (χ1) is 17.4.